The van der Waals surface area contributed by atoms with Crippen molar-refractivity contribution in [3.8, 4) is 0 Å². The van der Waals surface area contributed by atoms with Gasteiger partial charge in [-0.15, -0.1) is 0 Å². The van der Waals surface area contributed by atoms with E-state index in [0.29, 0.717) is 36.9 Å². The lowest BCUT2D eigenvalue weighted by atomic mass is 9.85. The molecule has 33 heavy (non-hydrogen) atoms. The second-order valence-corrected chi connectivity index (χ2v) is 9.63. The standard InChI is InChI=1S/C25H42N6O2/c1-17(2)14-15-29-24(33)22(13-10-18-6-4-3-5-7-18)31-23(32)21(26)16-19-8-11-20(12-9-19)30-25(27)28/h8-9,11-12,17-18,21-22H,3-7,10,13-16,26H2,1-2H3,(H,29,33)(H,31,32)(H4,27,28,30)/t21-,22-/m0/s1. The van der Waals surface area contributed by atoms with E-state index in [-0.39, 0.29) is 17.8 Å². The lowest BCUT2D eigenvalue weighted by Gasteiger charge is -2.25. The van der Waals surface area contributed by atoms with E-state index in [0.717, 1.165) is 18.4 Å². The van der Waals surface area contributed by atoms with Crippen molar-refractivity contribution in [3.63, 3.8) is 0 Å². The van der Waals surface area contributed by atoms with Gasteiger partial charge in [0.2, 0.25) is 11.8 Å². The first kappa shape index (κ1) is 26.6. The van der Waals surface area contributed by atoms with Gasteiger partial charge in [0.15, 0.2) is 5.96 Å². The quantitative estimate of drug-likeness (QED) is 0.241. The van der Waals surface area contributed by atoms with E-state index in [1.54, 1.807) is 12.1 Å². The van der Waals surface area contributed by atoms with E-state index in [9.17, 15) is 9.59 Å². The number of amides is 2. The van der Waals surface area contributed by atoms with Crippen LogP contribution in [0.1, 0.15) is 70.8 Å². The van der Waals surface area contributed by atoms with Crippen LogP contribution in [-0.4, -0.2) is 36.4 Å². The highest BCUT2D eigenvalue weighted by atomic mass is 16.2. The second-order valence-electron chi connectivity index (χ2n) is 9.63. The van der Waals surface area contributed by atoms with Crippen LogP contribution >= 0.6 is 0 Å². The van der Waals surface area contributed by atoms with Crippen molar-refractivity contribution in [1.29, 1.82) is 0 Å². The van der Waals surface area contributed by atoms with Crippen molar-refractivity contribution in [2.45, 2.75) is 83.7 Å². The molecule has 0 heterocycles. The molecule has 184 valence electrons. The van der Waals surface area contributed by atoms with Crippen LogP contribution in [0.5, 0.6) is 0 Å². The summed E-state index contributed by atoms with van der Waals surface area (Å²) in [5.41, 5.74) is 18.5. The number of hydrogen-bond acceptors (Lipinski definition) is 4. The lowest BCUT2D eigenvalue weighted by Crippen LogP contribution is -2.52. The maximum absolute atomic E-state index is 12.8. The molecular formula is C25H42N6O2. The smallest absolute Gasteiger partial charge is 0.242 e. The first-order valence-corrected chi connectivity index (χ1v) is 12.3. The Balaban J connectivity index is 1.94. The lowest BCUT2D eigenvalue weighted by molar-refractivity contribution is -0.129. The van der Waals surface area contributed by atoms with Gasteiger partial charge in [0.25, 0.3) is 0 Å². The zero-order chi connectivity index (χ0) is 24.2. The minimum absolute atomic E-state index is 0.00947. The number of aliphatic imine (C=N–C) groups is 1. The van der Waals surface area contributed by atoms with Gasteiger partial charge in [0.1, 0.15) is 6.04 Å². The Hall–Kier alpha value is -2.61. The van der Waals surface area contributed by atoms with Crippen LogP contribution in [0.25, 0.3) is 0 Å². The molecule has 1 aliphatic rings. The van der Waals surface area contributed by atoms with Gasteiger partial charge in [-0.1, -0.05) is 58.1 Å². The van der Waals surface area contributed by atoms with Gasteiger partial charge < -0.3 is 27.8 Å². The van der Waals surface area contributed by atoms with E-state index in [1.165, 1.54) is 32.1 Å². The van der Waals surface area contributed by atoms with Crippen molar-refractivity contribution < 1.29 is 9.59 Å². The Morgan fingerprint density at radius 1 is 1.03 bits per heavy atom. The molecule has 1 saturated carbocycles. The molecule has 1 aromatic carbocycles. The van der Waals surface area contributed by atoms with Crippen LogP contribution in [0.15, 0.2) is 29.3 Å². The Morgan fingerprint density at radius 3 is 2.30 bits per heavy atom. The Labute approximate surface area is 198 Å². The van der Waals surface area contributed by atoms with E-state index in [1.807, 2.05) is 12.1 Å². The fourth-order valence-electron chi connectivity index (χ4n) is 4.24. The van der Waals surface area contributed by atoms with E-state index < -0.39 is 12.1 Å². The summed E-state index contributed by atoms with van der Waals surface area (Å²) in [4.78, 5) is 29.7. The van der Waals surface area contributed by atoms with Gasteiger partial charge in [0, 0.05) is 6.54 Å². The maximum atomic E-state index is 12.8. The van der Waals surface area contributed by atoms with Crippen molar-refractivity contribution >= 4 is 23.5 Å². The molecule has 0 saturated heterocycles. The molecule has 8 heteroatoms. The molecule has 2 atom stereocenters. The number of nitrogens with zero attached hydrogens (tertiary/aromatic N) is 1. The van der Waals surface area contributed by atoms with Gasteiger partial charge in [-0.25, -0.2) is 4.99 Å². The van der Waals surface area contributed by atoms with Gasteiger partial charge in [-0.3, -0.25) is 9.59 Å². The fraction of sp³-hybridized carbons (Fsp3) is 0.640. The van der Waals surface area contributed by atoms with Crippen molar-refractivity contribution in [3.05, 3.63) is 29.8 Å². The van der Waals surface area contributed by atoms with Crippen LogP contribution in [0, 0.1) is 11.8 Å². The predicted octanol–water partition coefficient (Wildman–Crippen LogP) is 2.47. The number of carbonyl (C=O) groups excluding carboxylic acids is 2. The maximum Gasteiger partial charge on any atom is 0.242 e. The summed E-state index contributed by atoms with van der Waals surface area (Å²) in [6.45, 7) is 4.86. The molecule has 2 amide bonds. The van der Waals surface area contributed by atoms with Crippen LogP contribution in [-0.2, 0) is 16.0 Å². The number of rotatable bonds is 12. The number of nitrogens with one attached hydrogen (secondary N) is 2. The molecule has 1 aliphatic carbocycles. The van der Waals surface area contributed by atoms with Crippen LogP contribution in [0.3, 0.4) is 0 Å². The van der Waals surface area contributed by atoms with Crippen molar-refractivity contribution in [2.75, 3.05) is 6.54 Å². The molecule has 1 fully saturated rings. The predicted molar refractivity (Wildman–Crippen MR) is 134 cm³/mol. The third-order valence-corrected chi connectivity index (χ3v) is 6.23. The van der Waals surface area contributed by atoms with Gasteiger partial charge in [0.05, 0.1) is 11.7 Å². The van der Waals surface area contributed by atoms with Crippen molar-refractivity contribution in [2.24, 2.45) is 34.0 Å². The summed E-state index contributed by atoms with van der Waals surface area (Å²) in [6, 6.07) is 5.92. The van der Waals surface area contributed by atoms with E-state index in [2.05, 4.69) is 29.5 Å². The Kier molecular flexibility index (Phi) is 11.2. The minimum Gasteiger partial charge on any atom is -0.370 e. The average Bonchev–Trinajstić information content (AvgIpc) is 2.77. The summed E-state index contributed by atoms with van der Waals surface area (Å²) < 4.78 is 0. The molecule has 0 aliphatic heterocycles. The molecular weight excluding hydrogens is 416 g/mol. The monoisotopic (exact) mass is 458 g/mol. The van der Waals surface area contributed by atoms with Crippen LogP contribution < -0.4 is 27.8 Å². The van der Waals surface area contributed by atoms with Gasteiger partial charge >= 0.3 is 0 Å². The largest absolute Gasteiger partial charge is 0.370 e. The molecule has 2 rings (SSSR count). The van der Waals surface area contributed by atoms with E-state index in [4.69, 9.17) is 17.2 Å². The summed E-state index contributed by atoms with van der Waals surface area (Å²) in [5, 5.41) is 5.91. The average molecular weight is 459 g/mol. The normalized spacial score (nSPS) is 16.1. The first-order chi connectivity index (χ1) is 15.7. The minimum atomic E-state index is -0.750. The summed E-state index contributed by atoms with van der Waals surface area (Å²) in [6.07, 6.45) is 9.10. The highest BCUT2D eigenvalue weighted by molar-refractivity contribution is 5.89. The topological polar surface area (TPSA) is 149 Å². The summed E-state index contributed by atoms with van der Waals surface area (Å²) in [7, 11) is 0. The van der Waals surface area contributed by atoms with E-state index >= 15 is 0 Å². The number of benzene rings is 1. The SMILES string of the molecule is CC(C)CCNC(=O)[C@H](CCC1CCCCC1)NC(=O)[C@@H](N)Cc1ccc(N=C(N)N)cc1. The Bertz CT molecular complexity index is 768. The molecule has 8 N–H and O–H groups in total. The van der Waals surface area contributed by atoms with Crippen molar-refractivity contribution in [1.82, 2.24) is 10.6 Å². The summed E-state index contributed by atoms with van der Waals surface area (Å²) >= 11 is 0. The highest BCUT2D eigenvalue weighted by Crippen LogP contribution is 2.27. The molecule has 0 bridgehead atoms. The fourth-order valence-corrected chi connectivity index (χ4v) is 4.24. The number of nitrogens with two attached hydrogens (primary N) is 3. The van der Waals surface area contributed by atoms with Gasteiger partial charge in [-0.05, 0) is 55.2 Å². The molecule has 1 aromatic rings. The number of carbonyl (C=O) groups is 2. The zero-order valence-electron chi connectivity index (χ0n) is 20.2. The number of guanidine groups is 1. The first-order valence-electron chi connectivity index (χ1n) is 12.3. The molecule has 0 radical (unpaired) electrons. The third-order valence-electron chi connectivity index (χ3n) is 6.23. The Morgan fingerprint density at radius 2 is 1.70 bits per heavy atom. The number of hydrogen-bond donors (Lipinski definition) is 5. The second kappa shape index (κ2) is 13.8. The summed E-state index contributed by atoms with van der Waals surface area (Å²) in [5.74, 6) is 0.709. The highest BCUT2D eigenvalue weighted by Gasteiger charge is 2.25. The molecule has 0 aromatic heterocycles. The van der Waals surface area contributed by atoms with Gasteiger partial charge in [-0.2, -0.15) is 0 Å². The van der Waals surface area contributed by atoms with Crippen LogP contribution in [0.4, 0.5) is 5.69 Å². The molecule has 8 nitrogen and oxygen atoms in total. The van der Waals surface area contributed by atoms with Crippen LogP contribution in [0.2, 0.25) is 0 Å². The third kappa shape index (κ3) is 10.2. The molecule has 0 unspecified atom stereocenters. The molecule has 0 spiro atoms. The zero-order valence-corrected chi connectivity index (χ0v) is 20.2.